The summed E-state index contributed by atoms with van der Waals surface area (Å²) in [7, 11) is 0. The molecular weight excluding hydrogens is 224 g/mol. The lowest BCUT2D eigenvalue weighted by Gasteiger charge is -2.07. The second kappa shape index (κ2) is 5.36. The predicted molar refractivity (Wildman–Crippen MR) is 75.1 cm³/mol. The van der Waals surface area contributed by atoms with E-state index >= 15 is 0 Å². The van der Waals surface area contributed by atoms with Crippen molar-refractivity contribution in [2.24, 2.45) is 5.10 Å². The van der Waals surface area contributed by atoms with Gasteiger partial charge in [0.25, 0.3) is 0 Å². The van der Waals surface area contributed by atoms with Gasteiger partial charge < -0.3 is 5.11 Å². The van der Waals surface area contributed by atoms with Crippen LogP contribution in [0.5, 0.6) is 5.75 Å². The number of aryl methyl sites for hydroxylation is 1. The van der Waals surface area contributed by atoms with Crippen LogP contribution < -0.4 is 5.43 Å². The van der Waals surface area contributed by atoms with Gasteiger partial charge in [0.1, 0.15) is 5.75 Å². The van der Waals surface area contributed by atoms with Crippen LogP contribution in [0.1, 0.15) is 18.1 Å². The number of nitrogens with zero attached hydrogens (tertiary/aromatic N) is 1. The van der Waals surface area contributed by atoms with Gasteiger partial charge in [0.05, 0.1) is 11.4 Å². The number of para-hydroxylation sites is 2. The number of phenols is 1. The molecule has 0 aromatic heterocycles. The van der Waals surface area contributed by atoms with E-state index < -0.39 is 0 Å². The molecule has 2 aromatic rings. The summed E-state index contributed by atoms with van der Waals surface area (Å²) >= 11 is 0. The highest BCUT2D eigenvalue weighted by atomic mass is 16.3. The average molecular weight is 240 g/mol. The van der Waals surface area contributed by atoms with Crippen LogP contribution in [0.2, 0.25) is 0 Å². The molecule has 0 atom stereocenters. The number of hydrogen-bond donors (Lipinski definition) is 2. The van der Waals surface area contributed by atoms with Gasteiger partial charge in [-0.1, -0.05) is 30.3 Å². The average Bonchev–Trinajstić information content (AvgIpc) is 2.38. The van der Waals surface area contributed by atoms with Gasteiger partial charge in [-0.25, -0.2) is 0 Å². The van der Waals surface area contributed by atoms with Gasteiger partial charge in [0.2, 0.25) is 0 Å². The van der Waals surface area contributed by atoms with Crippen LogP contribution in [0.15, 0.2) is 53.6 Å². The normalized spacial score (nSPS) is 11.3. The Kier molecular flexibility index (Phi) is 3.63. The van der Waals surface area contributed by atoms with E-state index in [0.717, 1.165) is 22.5 Å². The minimum Gasteiger partial charge on any atom is -0.507 e. The van der Waals surface area contributed by atoms with E-state index in [2.05, 4.69) is 10.5 Å². The number of anilines is 1. The SMILES string of the molecule is CC(=NNc1ccccc1C)c1ccccc1O. The molecule has 18 heavy (non-hydrogen) atoms. The van der Waals surface area contributed by atoms with E-state index in [9.17, 15) is 5.11 Å². The van der Waals surface area contributed by atoms with Crippen LogP contribution in [-0.4, -0.2) is 10.8 Å². The molecule has 2 rings (SSSR count). The third kappa shape index (κ3) is 2.69. The molecule has 0 saturated carbocycles. The van der Waals surface area contributed by atoms with Crippen molar-refractivity contribution in [2.45, 2.75) is 13.8 Å². The highest BCUT2D eigenvalue weighted by Crippen LogP contribution is 2.17. The van der Waals surface area contributed by atoms with E-state index in [1.807, 2.05) is 50.2 Å². The van der Waals surface area contributed by atoms with Crippen LogP contribution in [0, 0.1) is 6.92 Å². The summed E-state index contributed by atoms with van der Waals surface area (Å²) in [5.41, 5.74) is 6.59. The summed E-state index contributed by atoms with van der Waals surface area (Å²) < 4.78 is 0. The van der Waals surface area contributed by atoms with Crippen molar-refractivity contribution in [3.63, 3.8) is 0 Å². The number of hydrogen-bond acceptors (Lipinski definition) is 3. The van der Waals surface area contributed by atoms with Crippen molar-refractivity contribution in [3.8, 4) is 5.75 Å². The third-order valence-electron chi connectivity index (χ3n) is 2.78. The fourth-order valence-corrected chi connectivity index (χ4v) is 1.68. The van der Waals surface area contributed by atoms with E-state index in [4.69, 9.17) is 0 Å². The maximum absolute atomic E-state index is 9.72. The summed E-state index contributed by atoms with van der Waals surface area (Å²) in [4.78, 5) is 0. The van der Waals surface area contributed by atoms with Gasteiger partial charge in [-0.3, -0.25) is 5.43 Å². The second-order valence-corrected chi connectivity index (χ2v) is 4.14. The zero-order chi connectivity index (χ0) is 13.0. The molecular formula is C15H16N2O. The fraction of sp³-hybridized carbons (Fsp3) is 0.133. The van der Waals surface area contributed by atoms with Crippen LogP contribution in [0.4, 0.5) is 5.69 Å². The van der Waals surface area contributed by atoms with Crippen molar-refractivity contribution in [1.29, 1.82) is 0 Å². The first-order valence-corrected chi connectivity index (χ1v) is 5.83. The lowest BCUT2D eigenvalue weighted by molar-refractivity contribution is 0.474. The lowest BCUT2D eigenvalue weighted by atomic mass is 10.1. The molecule has 2 aromatic carbocycles. The summed E-state index contributed by atoms with van der Waals surface area (Å²) in [6.45, 7) is 3.88. The van der Waals surface area contributed by atoms with Crippen LogP contribution in [0.3, 0.4) is 0 Å². The molecule has 0 saturated heterocycles. The Hall–Kier alpha value is -2.29. The van der Waals surface area contributed by atoms with Gasteiger partial charge in [0, 0.05) is 5.56 Å². The van der Waals surface area contributed by atoms with Gasteiger partial charge in [-0.05, 0) is 37.6 Å². The van der Waals surface area contributed by atoms with Crippen molar-refractivity contribution < 1.29 is 5.11 Å². The zero-order valence-electron chi connectivity index (χ0n) is 10.5. The van der Waals surface area contributed by atoms with E-state index in [1.54, 1.807) is 12.1 Å². The topological polar surface area (TPSA) is 44.6 Å². The fourth-order valence-electron chi connectivity index (χ4n) is 1.68. The van der Waals surface area contributed by atoms with E-state index in [-0.39, 0.29) is 5.75 Å². The molecule has 0 radical (unpaired) electrons. The molecule has 0 aliphatic heterocycles. The molecule has 2 N–H and O–H groups in total. The number of aromatic hydroxyl groups is 1. The lowest BCUT2D eigenvalue weighted by Crippen LogP contribution is -2.00. The number of hydrazone groups is 1. The van der Waals surface area contributed by atoms with Gasteiger partial charge >= 0.3 is 0 Å². The Labute approximate surface area is 107 Å². The van der Waals surface area contributed by atoms with Crippen LogP contribution in [-0.2, 0) is 0 Å². The molecule has 0 spiro atoms. The van der Waals surface area contributed by atoms with Crippen molar-refractivity contribution >= 4 is 11.4 Å². The first-order valence-electron chi connectivity index (χ1n) is 5.83. The minimum absolute atomic E-state index is 0.241. The molecule has 0 fully saturated rings. The Morgan fingerprint density at radius 3 is 2.44 bits per heavy atom. The van der Waals surface area contributed by atoms with E-state index in [1.165, 1.54) is 0 Å². The number of rotatable bonds is 3. The molecule has 0 heterocycles. The maximum Gasteiger partial charge on any atom is 0.124 e. The predicted octanol–water partition coefficient (Wildman–Crippen LogP) is 3.54. The third-order valence-corrected chi connectivity index (χ3v) is 2.78. The summed E-state index contributed by atoms with van der Waals surface area (Å²) in [6.07, 6.45) is 0. The molecule has 0 aliphatic rings. The first kappa shape index (κ1) is 12.2. The molecule has 3 heteroatoms. The van der Waals surface area contributed by atoms with Crippen LogP contribution in [0.25, 0.3) is 0 Å². The molecule has 0 bridgehead atoms. The number of phenolic OH excluding ortho intramolecular Hbond substituents is 1. The Morgan fingerprint density at radius 2 is 1.72 bits per heavy atom. The number of benzene rings is 2. The van der Waals surface area contributed by atoms with Gasteiger partial charge in [-0.15, -0.1) is 0 Å². The Morgan fingerprint density at radius 1 is 1.06 bits per heavy atom. The monoisotopic (exact) mass is 240 g/mol. The first-order chi connectivity index (χ1) is 8.68. The summed E-state index contributed by atoms with van der Waals surface area (Å²) in [6, 6.07) is 15.1. The van der Waals surface area contributed by atoms with Crippen molar-refractivity contribution in [3.05, 3.63) is 59.7 Å². The molecule has 0 unspecified atom stereocenters. The minimum atomic E-state index is 0.241. The Bertz CT molecular complexity index is 576. The molecule has 0 amide bonds. The highest BCUT2D eigenvalue weighted by Gasteiger charge is 2.03. The zero-order valence-corrected chi connectivity index (χ0v) is 10.5. The number of nitrogens with one attached hydrogen (secondary N) is 1. The second-order valence-electron chi connectivity index (χ2n) is 4.14. The summed E-state index contributed by atoms with van der Waals surface area (Å²) in [5.74, 6) is 0.241. The van der Waals surface area contributed by atoms with Gasteiger partial charge in [-0.2, -0.15) is 5.10 Å². The summed E-state index contributed by atoms with van der Waals surface area (Å²) in [5, 5.41) is 14.0. The van der Waals surface area contributed by atoms with Crippen molar-refractivity contribution in [1.82, 2.24) is 0 Å². The van der Waals surface area contributed by atoms with Crippen LogP contribution >= 0.6 is 0 Å². The highest BCUT2D eigenvalue weighted by molar-refractivity contribution is 6.01. The molecule has 0 aliphatic carbocycles. The van der Waals surface area contributed by atoms with E-state index in [0.29, 0.717) is 0 Å². The Balaban J connectivity index is 2.20. The largest absolute Gasteiger partial charge is 0.507 e. The smallest absolute Gasteiger partial charge is 0.124 e. The van der Waals surface area contributed by atoms with Gasteiger partial charge in [0.15, 0.2) is 0 Å². The maximum atomic E-state index is 9.72. The van der Waals surface area contributed by atoms with Crippen molar-refractivity contribution in [2.75, 3.05) is 5.43 Å². The quantitative estimate of drug-likeness (QED) is 0.636. The standard InChI is InChI=1S/C15H16N2O/c1-11-7-3-5-9-14(11)17-16-12(2)13-8-4-6-10-15(13)18/h3-10,17-18H,1-2H3. The molecule has 3 nitrogen and oxygen atoms in total. The molecule has 92 valence electrons.